The van der Waals surface area contributed by atoms with E-state index in [0.29, 0.717) is 44.6 Å². The number of aromatic nitrogens is 2. The molecule has 1 saturated carbocycles. The molecule has 2 saturated heterocycles. The van der Waals surface area contributed by atoms with Gasteiger partial charge in [0.1, 0.15) is 0 Å². The van der Waals surface area contributed by atoms with Gasteiger partial charge in [-0.3, -0.25) is 9.48 Å². The van der Waals surface area contributed by atoms with Gasteiger partial charge in [-0.05, 0) is 46.1 Å². The van der Waals surface area contributed by atoms with Crippen molar-refractivity contribution in [1.29, 1.82) is 0 Å². The molecule has 0 bridgehead atoms. The Bertz CT molecular complexity index is 636. The molecule has 2 aliphatic heterocycles. The van der Waals surface area contributed by atoms with E-state index in [9.17, 15) is 4.79 Å². The second-order valence-electron chi connectivity index (χ2n) is 8.35. The van der Waals surface area contributed by atoms with Gasteiger partial charge in [0, 0.05) is 24.8 Å². The van der Waals surface area contributed by atoms with Crippen molar-refractivity contribution in [2.24, 2.45) is 0 Å². The van der Waals surface area contributed by atoms with Gasteiger partial charge in [-0.1, -0.05) is 0 Å². The highest BCUT2D eigenvalue weighted by atomic mass is 16.5. The molecule has 0 N–H and O–H groups in total. The molecule has 4 rings (SSSR count). The topological polar surface area (TPSA) is 56.6 Å². The van der Waals surface area contributed by atoms with Crippen LogP contribution in [0.1, 0.15) is 62.1 Å². The summed E-state index contributed by atoms with van der Waals surface area (Å²) in [6.45, 7) is 9.44. The van der Waals surface area contributed by atoms with Crippen LogP contribution in [0.2, 0.25) is 0 Å². The minimum atomic E-state index is -0.305. The van der Waals surface area contributed by atoms with Crippen LogP contribution < -0.4 is 0 Å². The molecule has 0 aromatic carbocycles. The fraction of sp³-hybridized carbons (Fsp3) is 0.778. The molecule has 1 aromatic heterocycles. The van der Waals surface area contributed by atoms with Crippen molar-refractivity contribution in [3.05, 3.63) is 17.5 Å². The van der Waals surface area contributed by atoms with Gasteiger partial charge in [-0.25, -0.2) is 0 Å². The molecule has 1 atom stereocenters. The zero-order valence-corrected chi connectivity index (χ0v) is 14.9. The molecule has 6 heteroatoms. The maximum Gasteiger partial charge on any atom is 0.275 e. The van der Waals surface area contributed by atoms with Gasteiger partial charge in [-0.15, -0.1) is 0 Å². The molecule has 3 fully saturated rings. The summed E-state index contributed by atoms with van der Waals surface area (Å²) in [6, 6.07) is 2.02. The molecule has 1 aromatic rings. The Morgan fingerprint density at radius 1 is 1.25 bits per heavy atom. The number of hydrogen-bond donors (Lipinski definition) is 0. The summed E-state index contributed by atoms with van der Waals surface area (Å²) in [5.41, 5.74) is 1.35. The van der Waals surface area contributed by atoms with Crippen LogP contribution in [0.25, 0.3) is 0 Å². The lowest BCUT2D eigenvalue weighted by Crippen LogP contribution is -2.59. The van der Waals surface area contributed by atoms with E-state index >= 15 is 0 Å². The van der Waals surface area contributed by atoms with Crippen molar-refractivity contribution in [2.45, 2.75) is 57.0 Å². The van der Waals surface area contributed by atoms with Crippen LogP contribution in [0.3, 0.4) is 0 Å². The average molecular weight is 333 g/mol. The number of carbonyl (C=O) groups excluding carboxylic acids is 1. The first-order valence-corrected chi connectivity index (χ1v) is 8.99. The summed E-state index contributed by atoms with van der Waals surface area (Å²) < 4.78 is 13.3. The van der Waals surface area contributed by atoms with Crippen molar-refractivity contribution >= 4 is 5.91 Å². The van der Waals surface area contributed by atoms with Crippen LogP contribution in [0.5, 0.6) is 0 Å². The van der Waals surface area contributed by atoms with Crippen LogP contribution in [0.15, 0.2) is 6.07 Å². The number of ether oxygens (including phenoxy) is 2. The second kappa shape index (κ2) is 5.56. The van der Waals surface area contributed by atoms with Crippen molar-refractivity contribution < 1.29 is 14.3 Å². The van der Waals surface area contributed by atoms with Crippen LogP contribution in [-0.4, -0.2) is 59.1 Å². The summed E-state index contributed by atoms with van der Waals surface area (Å²) in [7, 11) is 0. The lowest BCUT2D eigenvalue weighted by atomic mass is 9.95. The molecule has 1 aliphatic carbocycles. The van der Waals surface area contributed by atoms with E-state index < -0.39 is 0 Å². The van der Waals surface area contributed by atoms with Crippen molar-refractivity contribution in [2.75, 3.05) is 33.0 Å². The van der Waals surface area contributed by atoms with Gasteiger partial charge in [-0.2, -0.15) is 5.10 Å². The SMILES string of the molecule is CC(C)(C)n1nc(C(=O)N2CCOC[C@@]23CCOC3)cc1C1CC1. The third kappa shape index (κ3) is 2.65. The van der Waals surface area contributed by atoms with E-state index in [4.69, 9.17) is 14.6 Å². The molecule has 6 nitrogen and oxygen atoms in total. The summed E-state index contributed by atoms with van der Waals surface area (Å²) in [5.74, 6) is 0.584. The van der Waals surface area contributed by atoms with E-state index in [1.807, 2.05) is 11.0 Å². The van der Waals surface area contributed by atoms with Crippen LogP contribution in [-0.2, 0) is 15.0 Å². The van der Waals surface area contributed by atoms with E-state index in [2.05, 4.69) is 25.5 Å². The third-order valence-corrected chi connectivity index (χ3v) is 5.32. The highest BCUT2D eigenvalue weighted by Crippen LogP contribution is 2.42. The molecule has 132 valence electrons. The number of nitrogens with zero attached hydrogens (tertiary/aromatic N) is 3. The van der Waals surface area contributed by atoms with Crippen LogP contribution in [0.4, 0.5) is 0 Å². The number of morpholine rings is 1. The maximum absolute atomic E-state index is 13.2. The van der Waals surface area contributed by atoms with Crippen molar-refractivity contribution in [3.8, 4) is 0 Å². The standard InChI is InChI=1S/C18H27N3O3/c1-17(2,3)21-15(13-4-5-13)10-14(19-21)16(22)20-7-9-24-12-18(20)6-8-23-11-18/h10,13H,4-9,11-12H2,1-3H3/t18-/m0/s1. The quantitative estimate of drug-likeness (QED) is 0.832. The Morgan fingerprint density at radius 3 is 2.58 bits per heavy atom. The second-order valence-corrected chi connectivity index (χ2v) is 8.35. The molecular formula is C18H27N3O3. The number of hydrogen-bond acceptors (Lipinski definition) is 4. The number of carbonyl (C=O) groups is 1. The van der Waals surface area contributed by atoms with Gasteiger partial charge in [0.15, 0.2) is 5.69 Å². The highest BCUT2D eigenvalue weighted by molar-refractivity contribution is 5.93. The smallest absolute Gasteiger partial charge is 0.275 e. The average Bonchev–Trinajstić information content (AvgIpc) is 3.11. The molecule has 1 spiro atoms. The monoisotopic (exact) mass is 333 g/mol. The first-order chi connectivity index (χ1) is 11.4. The normalized spacial score (nSPS) is 27.9. The Hall–Kier alpha value is -1.40. The third-order valence-electron chi connectivity index (χ3n) is 5.32. The van der Waals surface area contributed by atoms with E-state index in [1.54, 1.807) is 0 Å². The van der Waals surface area contributed by atoms with Crippen molar-refractivity contribution in [3.63, 3.8) is 0 Å². The summed E-state index contributed by atoms with van der Waals surface area (Å²) >= 11 is 0. The molecule has 1 amide bonds. The first kappa shape index (κ1) is 16.1. The van der Waals surface area contributed by atoms with Crippen LogP contribution >= 0.6 is 0 Å². The van der Waals surface area contributed by atoms with E-state index in [1.165, 1.54) is 18.5 Å². The molecular weight excluding hydrogens is 306 g/mol. The summed E-state index contributed by atoms with van der Waals surface area (Å²) in [6.07, 6.45) is 3.24. The van der Waals surface area contributed by atoms with Gasteiger partial charge in [0.2, 0.25) is 0 Å². The minimum Gasteiger partial charge on any atom is -0.379 e. The lowest BCUT2D eigenvalue weighted by Gasteiger charge is -2.43. The Balaban J connectivity index is 1.66. The predicted molar refractivity (Wildman–Crippen MR) is 89.2 cm³/mol. The van der Waals surface area contributed by atoms with Crippen molar-refractivity contribution in [1.82, 2.24) is 14.7 Å². The summed E-state index contributed by atoms with van der Waals surface area (Å²) in [5, 5.41) is 4.72. The number of amides is 1. The Morgan fingerprint density at radius 2 is 1.96 bits per heavy atom. The van der Waals surface area contributed by atoms with Gasteiger partial charge in [0.05, 0.1) is 30.9 Å². The fourth-order valence-corrected chi connectivity index (χ4v) is 3.82. The minimum absolute atomic E-state index is 0.0219. The summed E-state index contributed by atoms with van der Waals surface area (Å²) in [4.78, 5) is 15.2. The van der Waals surface area contributed by atoms with E-state index in [-0.39, 0.29) is 17.0 Å². The molecule has 24 heavy (non-hydrogen) atoms. The Labute approximate surface area is 143 Å². The molecule has 3 heterocycles. The maximum atomic E-state index is 13.2. The fourth-order valence-electron chi connectivity index (χ4n) is 3.82. The van der Waals surface area contributed by atoms with Gasteiger partial charge >= 0.3 is 0 Å². The largest absolute Gasteiger partial charge is 0.379 e. The molecule has 0 unspecified atom stereocenters. The van der Waals surface area contributed by atoms with E-state index in [0.717, 1.165) is 6.42 Å². The van der Waals surface area contributed by atoms with Gasteiger partial charge < -0.3 is 14.4 Å². The lowest BCUT2D eigenvalue weighted by molar-refractivity contribution is -0.0553. The first-order valence-electron chi connectivity index (χ1n) is 8.99. The molecule has 0 radical (unpaired) electrons. The highest BCUT2D eigenvalue weighted by Gasteiger charge is 2.46. The zero-order valence-electron chi connectivity index (χ0n) is 14.9. The number of rotatable bonds is 2. The predicted octanol–water partition coefficient (Wildman–Crippen LogP) is 2.15. The molecule has 3 aliphatic rings. The Kier molecular flexibility index (Phi) is 3.73. The van der Waals surface area contributed by atoms with Gasteiger partial charge in [0.25, 0.3) is 5.91 Å². The zero-order chi connectivity index (χ0) is 16.9. The van der Waals surface area contributed by atoms with Crippen LogP contribution in [0, 0.1) is 0 Å².